The third-order valence-electron chi connectivity index (χ3n) is 2.11. The number of rotatable bonds is 1. The van der Waals surface area contributed by atoms with Crippen molar-refractivity contribution >= 4 is 17.1 Å². The van der Waals surface area contributed by atoms with E-state index < -0.39 is 0 Å². The van der Waals surface area contributed by atoms with Crippen LogP contribution in [0.1, 0.15) is 0 Å². The number of imidazole rings is 1. The molecular weight excluding hydrogens is 194 g/mol. The van der Waals surface area contributed by atoms with E-state index in [9.17, 15) is 0 Å². The van der Waals surface area contributed by atoms with Crippen molar-refractivity contribution in [2.45, 2.75) is 0 Å². The third-order valence-corrected chi connectivity index (χ3v) is 2.11. The lowest BCUT2D eigenvalue weighted by atomic mass is 10.3. The van der Waals surface area contributed by atoms with Crippen LogP contribution >= 0.6 is 0 Å². The van der Waals surface area contributed by atoms with Gasteiger partial charge < -0.3 is 10.2 Å². The normalized spacial score (nSPS) is 10.9. The summed E-state index contributed by atoms with van der Waals surface area (Å²) in [5, 5.41) is 0. The van der Waals surface area contributed by atoms with Crippen LogP contribution < -0.4 is 10.7 Å². The minimum atomic E-state index is 0.213. The zero-order valence-corrected chi connectivity index (χ0v) is 7.69. The molecule has 0 saturated carbocycles. The predicted octanol–water partition coefficient (Wildman–Crippen LogP) is 0.614. The maximum Gasteiger partial charge on any atom is 0.305 e. The number of nitrogens with zero attached hydrogens (tertiary/aromatic N) is 2. The Hall–Kier alpha value is -2.37. The van der Waals surface area contributed by atoms with Crippen molar-refractivity contribution in [1.29, 1.82) is 0 Å². The number of fused-ring (bicyclic) bond motifs is 1. The molecule has 0 unspecified atom stereocenters. The van der Waals surface area contributed by atoms with Gasteiger partial charge in [0.15, 0.2) is 17.8 Å². The lowest BCUT2D eigenvalue weighted by molar-refractivity contribution is -0.347. The van der Waals surface area contributed by atoms with Crippen LogP contribution in [-0.2, 0) is 0 Å². The molecule has 3 rings (SSSR count). The zero-order valence-electron chi connectivity index (χ0n) is 7.69. The Kier molecular flexibility index (Phi) is 1.49. The third kappa shape index (κ3) is 1.15. The summed E-state index contributed by atoms with van der Waals surface area (Å²) in [6.07, 6.45) is 3.26. The fraction of sp³-hybridized carbons (Fsp3) is 0. The van der Waals surface area contributed by atoms with Gasteiger partial charge in [-0.1, -0.05) is 4.98 Å². The predicted molar refractivity (Wildman–Crippen MR) is 52.6 cm³/mol. The molecule has 0 aliphatic carbocycles. The lowest BCUT2D eigenvalue weighted by Crippen LogP contribution is -2.03. The highest BCUT2D eigenvalue weighted by atomic mass is 16.3. The largest absolute Gasteiger partial charge is 0.463 e. The van der Waals surface area contributed by atoms with Gasteiger partial charge in [-0.25, -0.2) is 4.98 Å². The first-order chi connectivity index (χ1) is 7.34. The fourth-order valence-corrected chi connectivity index (χ4v) is 1.49. The van der Waals surface area contributed by atoms with Gasteiger partial charge in [0.1, 0.15) is 0 Å². The van der Waals surface area contributed by atoms with Crippen LogP contribution in [0.15, 0.2) is 29.1 Å². The van der Waals surface area contributed by atoms with Gasteiger partial charge in [-0.15, -0.1) is 0 Å². The van der Waals surface area contributed by atoms with Gasteiger partial charge in [-0.3, -0.25) is 4.98 Å². The van der Waals surface area contributed by atoms with Gasteiger partial charge in [0.25, 0.3) is 5.95 Å². The van der Waals surface area contributed by atoms with E-state index in [2.05, 4.69) is 19.9 Å². The van der Waals surface area contributed by atoms with E-state index in [1.807, 2.05) is 6.07 Å². The van der Waals surface area contributed by atoms with Gasteiger partial charge in [-0.05, 0) is 12.1 Å². The number of nitrogens with one attached hydrogen (secondary N) is 2. The number of aromatic nitrogens is 4. The van der Waals surface area contributed by atoms with Gasteiger partial charge in [0.05, 0.1) is 6.26 Å². The summed E-state index contributed by atoms with van der Waals surface area (Å²) in [5.74, 6) is 0.870. The average Bonchev–Trinajstić information content (AvgIpc) is 2.86. The second-order valence-electron chi connectivity index (χ2n) is 3.06. The molecule has 0 aliphatic rings. The monoisotopic (exact) mass is 202 g/mol. The molecule has 3 heterocycles. The molecule has 3 aromatic heterocycles. The van der Waals surface area contributed by atoms with Crippen molar-refractivity contribution in [2.24, 2.45) is 0 Å². The Bertz CT molecular complexity index is 598. The van der Waals surface area contributed by atoms with Gasteiger partial charge >= 0.3 is 5.65 Å². The van der Waals surface area contributed by atoms with Crippen LogP contribution in [0.5, 0.6) is 0 Å². The number of hydrogen-bond acceptors (Lipinski definition) is 4. The number of anilines is 1. The van der Waals surface area contributed by atoms with Gasteiger partial charge in [0.2, 0.25) is 5.52 Å². The van der Waals surface area contributed by atoms with Crippen LogP contribution in [0.3, 0.4) is 0 Å². The molecule has 3 aromatic rings. The summed E-state index contributed by atoms with van der Waals surface area (Å²) >= 11 is 0. The van der Waals surface area contributed by atoms with E-state index in [1.54, 1.807) is 18.7 Å². The van der Waals surface area contributed by atoms with Crippen LogP contribution in [-0.4, -0.2) is 15.0 Å². The van der Waals surface area contributed by atoms with Crippen LogP contribution in [0, 0.1) is 0 Å². The highest BCUT2D eigenvalue weighted by Crippen LogP contribution is 2.23. The first-order valence-corrected chi connectivity index (χ1v) is 4.41. The van der Waals surface area contributed by atoms with E-state index >= 15 is 0 Å². The van der Waals surface area contributed by atoms with Gasteiger partial charge in [-0.2, -0.15) is 4.98 Å². The molecule has 0 fully saturated rings. The van der Waals surface area contributed by atoms with Crippen LogP contribution in [0.2, 0.25) is 0 Å². The molecule has 0 bridgehead atoms. The second-order valence-corrected chi connectivity index (χ2v) is 3.06. The number of H-pyrrole nitrogens is 2. The summed E-state index contributed by atoms with van der Waals surface area (Å²) in [6.45, 7) is 0. The summed E-state index contributed by atoms with van der Waals surface area (Å²) in [5.41, 5.74) is 7.69. The molecule has 4 N–H and O–H groups in total. The van der Waals surface area contributed by atoms with Gasteiger partial charge in [0, 0.05) is 0 Å². The van der Waals surface area contributed by atoms with Crippen LogP contribution in [0.25, 0.3) is 22.6 Å². The summed E-state index contributed by atoms with van der Waals surface area (Å²) in [4.78, 5) is 14.1. The Labute approximate surface area is 84.2 Å². The number of nitrogens with two attached hydrogens (primary N) is 1. The fourth-order valence-electron chi connectivity index (χ4n) is 1.49. The Morgan fingerprint density at radius 2 is 2.33 bits per heavy atom. The van der Waals surface area contributed by atoms with Crippen molar-refractivity contribution in [3.8, 4) is 11.5 Å². The summed E-state index contributed by atoms with van der Waals surface area (Å²) < 4.78 is 5.27. The molecule has 15 heavy (non-hydrogen) atoms. The number of furan rings is 1. The zero-order chi connectivity index (χ0) is 10.3. The molecule has 0 aromatic carbocycles. The first kappa shape index (κ1) is 7.98. The van der Waals surface area contributed by atoms with Crippen molar-refractivity contribution in [1.82, 2.24) is 15.0 Å². The number of aromatic amines is 2. The summed E-state index contributed by atoms with van der Waals surface area (Å²) in [6, 6.07) is 3.62. The minimum Gasteiger partial charge on any atom is -0.463 e. The quantitative estimate of drug-likeness (QED) is 0.604. The lowest BCUT2D eigenvalue weighted by Gasteiger charge is -1.94. The number of nitrogen functional groups attached to an aromatic ring is 1. The van der Waals surface area contributed by atoms with E-state index in [0.29, 0.717) is 17.1 Å². The first-order valence-electron chi connectivity index (χ1n) is 4.41. The smallest absolute Gasteiger partial charge is 0.305 e. The average molecular weight is 202 g/mol. The Morgan fingerprint density at radius 1 is 1.40 bits per heavy atom. The molecule has 0 spiro atoms. The number of hydrogen-bond donors (Lipinski definition) is 2. The van der Waals surface area contributed by atoms with Crippen molar-refractivity contribution in [2.75, 3.05) is 5.73 Å². The molecule has 6 nitrogen and oxygen atoms in total. The standard InChI is InChI=1S/C9H7N5O/c10-9-13-6(5-2-1-3-15-5)7-8(14-9)12-4-11-7/h1-4H,(H3,10,11,12,13,14)/p+1. The van der Waals surface area contributed by atoms with Crippen molar-refractivity contribution in [3.63, 3.8) is 0 Å². The topological polar surface area (TPSA) is 94.9 Å². The molecule has 0 atom stereocenters. The maximum atomic E-state index is 5.59. The minimum absolute atomic E-state index is 0.213. The van der Waals surface area contributed by atoms with E-state index in [0.717, 1.165) is 5.52 Å². The molecule has 0 amide bonds. The highest BCUT2D eigenvalue weighted by Gasteiger charge is 2.17. The van der Waals surface area contributed by atoms with E-state index in [4.69, 9.17) is 10.2 Å². The molecule has 0 radical (unpaired) electrons. The molecule has 6 heteroatoms. The molecule has 0 saturated heterocycles. The van der Waals surface area contributed by atoms with Crippen molar-refractivity contribution < 1.29 is 9.40 Å². The molecule has 0 aliphatic heterocycles. The van der Waals surface area contributed by atoms with E-state index in [1.165, 1.54) is 0 Å². The SMILES string of the molecule is Nc1nc(-c2ccco2)c2[nH]c[nH+]c2n1. The molecular formula is C9H8N5O+. The Balaban J connectivity index is 2.38. The van der Waals surface area contributed by atoms with Crippen molar-refractivity contribution in [3.05, 3.63) is 24.7 Å². The second kappa shape index (κ2) is 2.81. The summed E-state index contributed by atoms with van der Waals surface area (Å²) in [7, 11) is 0. The highest BCUT2D eigenvalue weighted by molar-refractivity contribution is 5.83. The Morgan fingerprint density at radius 3 is 3.13 bits per heavy atom. The molecule has 74 valence electrons. The maximum absolute atomic E-state index is 5.59. The van der Waals surface area contributed by atoms with E-state index in [-0.39, 0.29) is 5.95 Å². The van der Waals surface area contributed by atoms with Crippen LogP contribution in [0.4, 0.5) is 5.95 Å².